The van der Waals surface area contributed by atoms with Gasteiger partial charge in [-0.15, -0.1) is 0 Å². The number of carboxylic acid groups (broad SMARTS) is 1. The van der Waals surface area contributed by atoms with Crippen molar-refractivity contribution in [3.63, 3.8) is 0 Å². The van der Waals surface area contributed by atoms with Gasteiger partial charge in [0.2, 0.25) is 11.8 Å². The molecule has 1 atom stereocenters. The maximum absolute atomic E-state index is 14.1. The van der Waals surface area contributed by atoms with E-state index in [-0.39, 0.29) is 23.4 Å². The van der Waals surface area contributed by atoms with Crippen molar-refractivity contribution in [2.45, 2.75) is 116 Å². The summed E-state index contributed by atoms with van der Waals surface area (Å²) in [6.07, 6.45) is 3.20. The van der Waals surface area contributed by atoms with E-state index in [4.69, 9.17) is 29.5 Å². The van der Waals surface area contributed by atoms with E-state index in [1.807, 2.05) is 106 Å². The van der Waals surface area contributed by atoms with Crippen molar-refractivity contribution >= 4 is 78.8 Å². The number of esters is 1. The van der Waals surface area contributed by atoms with Crippen LogP contribution < -0.4 is 25.2 Å². The highest BCUT2D eigenvalue weighted by Gasteiger charge is 2.38. The monoisotopic (exact) mass is 1160 g/mol. The predicted octanol–water partition coefficient (Wildman–Crippen LogP) is 11.0. The molecule has 1 unspecified atom stereocenters. The molecule has 0 aliphatic carbocycles. The lowest BCUT2D eigenvalue weighted by atomic mass is 9.90. The Morgan fingerprint density at radius 2 is 1.58 bits per heavy atom. The average Bonchev–Trinajstić information content (AvgIpc) is 3.48. The molecule has 7 aromatic rings. The zero-order valence-corrected chi connectivity index (χ0v) is 48.0. The van der Waals surface area contributed by atoms with Gasteiger partial charge in [-0.3, -0.25) is 29.7 Å². The van der Waals surface area contributed by atoms with Gasteiger partial charge in [-0.05, 0) is 175 Å². The number of hydrogen-bond acceptors (Lipinski definition) is 14. The number of carbonyl (C=O) groups excluding carboxylic acids is 4. The number of fused-ring (bicyclic) bond motifs is 3. The molecular formula is C62H68F3N9O8S. The van der Waals surface area contributed by atoms with E-state index in [1.165, 1.54) is 29.9 Å². The van der Waals surface area contributed by atoms with Gasteiger partial charge in [-0.1, -0.05) is 47.7 Å². The first kappa shape index (κ1) is 58.3. The van der Waals surface area contributed by atoms with Crippen LogP contribution in [-0.2, 0) is 39.1 Å². The molecule has 3 amide bonds. The van der Waals surface area contributed by atoms with Crippen molar-refractivity contribution in [3.05, 3.63) is 125 Å². The van der Waals surface area contributed by atoms with Crippen LogP contribution in [-0.4, -0.2) is 117 Å². The van der Waals surface area contributed by atoms with Crippen LogP contribution >= 0.6 is 11.3 Å². The lowest BCUT2D eigenvalue weighted by Crippen LogP contribution is -2.47. The standard InChI is InChI=1S/C60H67N9O6S.C2HF3O2/c1-37-42(43-20-22-52(62-55(43)58(73)75-60(2,3)4)69-31-26-39-12-8-14-44(47(39)36-69)56(71)64-59-61-48-15-6-7-17-51(48)76-59)13-9-16-50(37)74-34-10-11-38-24-29-67(30-25-38)40-27-32-68(33-28-40)41-18-19-45-49(35-41)66(5)65-54(45)46-21-23-53(70)63-57(46)72;3-2(4,5)1(6)7/h6-9,12-20,22,35,38,40,46H,10-11,21,23-34,36H2,1-5H3,(H,61,64,71)(H,63,70,72);(H,6,7). The first-order valence-corrected chi connectivity index (χ1v) is 29.1. The fraction of sp³-hybridized carbons (Fsp3) is 0.419. The molecule has 0 radical (unpaired) electrons. The van der Waals surface area contributed by atoms with Crippen molar-refractivity contribution < 1.29 is 51.7 Å². The van der Waals surface area contributed by atoms with Crippen LogP contribution in [0.4, 0.5) is 29.8 Å². The largest absolute Gasteiger partial charge is 0.493 e. The zero-order chi connectivity index (χ0) is 58.7. The molecule has 11 rings (SSSR count). The molecule has 0 bridgehead atoms. The Morgan fingerprint density at radius 3 is 2.30 bits per heavy atom. The number of piperidine rings is 3. The number of benzene rings is 4. The number of anilines is 3. The Hall–Kier alpha value is -7.91. The Labute approximate surface area is 483 Å². The summed E-state index contributed by atoms with van der Waals surface area (Å²) >= 11 is 1.45. The van der Waals surface area contributed by atoms with Crippen LogP contribution in [0, 0.1) is 12.8 Å². The minimum atomic E-state index is -5.08. The molecule has 4 aliphatic heterocycles. The van der Waals surface area contributed by atoms with E-state index in [9.17, 15) is 32.3 Å². The second-order valence-electron chi connectivity index (χ2n) is 22.8. The predicted molar refractivity (Wildman–Crippen MR) is 312 cm³/mol. The number of carboxylic acids is 1. The molecule has 3 aromatic heterocycles. The Bertz CT molecular complexity index is 3550. The van der Waals surface area contributed by atoms with Crippen LogP contribution in [0.25, 0.3) is 32.2 Å². The van der Waals surface area contributed by atoms with E-state index >= 15 is 0 Å². The number of hydrogen-bond donors (Lipinski definition) is 3. The van der Waals surface area contributed by atoms with Gasteiger partial charge in [-0.25, -0.2) is 19.6 Å². The van der Waals surface area contributed by atoms with Crippen molar-refractivity contribution in [1.29, 1.82) is 0 Å². The Balaban J connectivity index is 0.00000103. The van der Waals surface area contributed by atoms with Crippen molar-refractivity contribution in [2.24, 2.45) is 13.0 Å². The number of aliphatic carboxylic acids is 1. The number of pyridine rings is 1. The van der Waals surface area contributed by atoms with E-state index in [1.54, 1.807) is 0 Å². The van der Waals surface area contributed by atoms with E-state index in [2.05, 4.69) is 54.6 Å². The molecule has 21 heteroatoms. The highest BCUT2D eigenvalue weighted by Crippen LogP contribution is 2.38. The summed E-state index contributed by atoms with van der Waals surface area (Å²) in [4.78, 5) is 78.2. The maximum atomic E-state index is 14.1. The normalized spacial score (nSPS) is 17.4. The molecule has 4 aromatic carbocycles. The Morgan fingerprint density at radius 1 is 0.831 bits per heavy atom. The minimum absolute atomic E-state index is 0.206. The van der Waals surface area contributed by atoms with E-state index < -0.39 is 29.6 Å². The highest BCUT2D eigenvalue weighted by molar-refractivity contribution is 7.22. The number of thiazole rings is 1. The van der Waals surface area contributed by atoms with Gasteiger partial charge < -0.3 is 29.3 Å². The van der Waals surface area contributed by atoms with Crippen molar-refractivity contribution in [2.75, 3.05) is 54.4 Å². The first-order chi connectivity index (χ1) is 39.7. The smallest absolute Gasteiger partial charge is 0.490 e. The summed E-state index contributed by atoms with van der Waals surface area (Å²) in [5, 5.41) is 18.9. The third-order valence-electron chi connectivity index (χ3n) is 16.1. The van der Waals surface area contributed by atoms with Crippen molar-refractivity contribution in [1.82, 2.24) is 30.0 Å². The molecule has 4 aliphatic rings. The molecule has 3 saturated heterocycles. The molecule has 436 valence electrons. The summed E-state index contributed by atoms with van der Waals surface area (Å²) in [5.41, 5.74) is 8.42. The van der Waals surface area contributed by atoms with Gasteiger partial charge in [0.1, 0.15) is 17.2 Å². The SMILES string of the molecule is Cc1c(OCCCC2CCN(C3CCN(c4ccc5c(C6CCC(=O)NC6=O)nn(C)c5c4)CC3)CC2)cccc1-c1ccc(N2CCc3cccc(C(=O)Nc4nc5ccccc5s4)c3C2)nc1C(=O)OC(C)(C)C.O=C(O)C(F)(F)F. The topological polar surface area (TPSA) is 201 Å². The average molecular weight is 1160 g/mol. The number of amides is 3. The molecular weight excluding hydrogens is 1090 g/mol. The van der Waals surface area contributed by atoms with Crippen LogP contribution in [0.5, 0.6) is 5.75 Å². The number of ether oxygens (including phenoxy) is 2. The molecule has 7 heterocycles. The van der Waals surface area contributed by atoms with Crippen LogP contribution in [0.2, 0.25) is 0 Å². The number of para-hydroxylation sites is 1. The number of aromatic nitrogens is 4. The lowest BCUT2D eigenvalue weighted by molar-refractivity contribution is -0.192. The third-order valence-corrected chi connectivity index (χ3v) is 17.0. The van der Waals surface area contributed by atoms with Crippen LogP contribution in [0.3, 0.4) is 0 Å². The zero-order valence-electron chi connectivity index (χ0n) is 47.2. The van der Waals surface area contributed by atoms with Crippen LogP contribution in [0.15, 0.2) is 91.0 Å². The van der Waals surface area contributed by atoms with Gasteiger partial charge in [0, 0.05) is 67.9 Å². The number of nitrogens with zero attached hydrogens (tertiary/aromatic N) is 7. The van der Waals surface area contributed by atoms with Gasteiger partial charge in [0.25, 0.3) is 5.91 Å². The van der Waals surface area contributed by atoms with E-state index in [0.29, 0.717) is 73.0 Å². The van der Waals surface area contributed by atoms with E-state index in [0.717, 1.165) is 107 Å². The molecule has 0 spiro atoms. The number of imide groups is 1. The second kappa shape index (κ2) is 24.5. The quantitative estimate of drug-likeness (QED) is 0.0559. The number of rotatable bonds is 13. The number of nitrogens with one attached hydrogen (secondary N) is 2. The number of carbonyl (C=O) groups is 5. The second-order valence-corrected chi connectivity index (χ2v) is 23.8. The molecule has 83 heavy (non-hydrogen) atoms. The maximum Gasteiger partial charge on any atom is 0.490 e. The fourth-order valence-corrected chi connectivity index (χ4v) is 12.7. The number of likely N-dealkylation sites (tertiary alicyclic amines) is 1. The summed E-state index contributed by atoms with van der Waals surface area (Å²) in [7, 11) is 1.93. The Kier molecular flexibility index (Phi) is 17.2. The van der Waals surface area contributed by atoms with Gasteiger partial charge in [0.15, 0.2) is 10.8 Å². The van der Waals surface area contributed by atoms with Crippen molar-refractivity contribution in [3.8, 4) is 16.9 Å². The lowest BCUT2D eigenvalue weighted by Gasteiger charge is -2.42. The summed E-state index contributed by atoms with van der Waals surface area (Å²) in [5.74, 6) is -2.23. The highest BCUT2D eigenvalue weighted by atomic mass is 32.1. The number of halogens is 3. The summed E-state index contributed by atoms with van der Waals surface area (Å²) in [6.45, 7) is 13.6. The molecule has 3 fully saturated rings. The minimum Gasteiger partial charge on any atom is -0.493 e. The molecule has 17 nitrogen and oxygen atoms in total. The number of alkyl halides is 3. The van der Waals surface area contributed by atoms with Gasteiger partial charge in [-0.2, -0.15) is 18.3 Å². The molecule has 3 N–H and O–H groups in total. The van der Waals surface area contributed by atoms with Crippen LogP contribution in [0.1, 0.15) is 121 Å². The summed E-state index contributed by atoms with van der Waals surface area (Å²) < 4.78 is 47.1. The van der Waals surface area contributed by atoms with Gasteiger partial charge >= 0.3 is 18.1 Å². The summed E-state index contributed by atoms with van der Waals surface area (Å²) in [6, 6.07) is 30.7. The molecule has 0 saturated carbocycles. The third kappa shape index (κ3) is 13.5. The fourth-order valence-electron chi connectivity index (χ4n) is 11.8. The first-order valence-electron chi connectivity index (χ1n) is 28.3. The van der Waals surface area contributed by atoms with Gasteiger partial charge in [0.05, 0.1) is 34.0 Å². The number of aryl methyl sites for hydroxylation is 1.